The Morgan fingerprint density at radius 3 is 2.71 bits per heavy atom. The number of nitrogens with one attached hydrogen (secondary N) is 1. The van der Waals surface area contributed by atoms with Gasteiger partial charge in [-0.2, -0.15) is 16.9 Å². The van der Waals surface area contributed by atoms with E-state index in [9.17, 15) is 4.79 Å². The number of methoxy groups -OCH3 is 2. The molecule has 0 unspecified atom stereocenters. The average molecular weight is 436 g/mol. The minimum atomic E-state index is -0.207. The Bertz CT molecular complexity index is 1170. The largest absolute Gasteiger partial charge is 0.493 e. The molecule has 1 aliphatic heterocycles. The number of benzene rings is 2. The van der Waals surface area contributed by atoms with Gasteiger partial charge in [0.05, 0.1) is 25.6 Å². The third kappa shape index (κ3) is 4.18. The van der Waals surface area contributed by atoms with Crippen molar-refractivity contribution in [2.75, 3.05) is 19.5 Å². The molecule has 0 aliphatic carbocycles. The summed E-state index contributed by atoms with van der Waals surface area (Å²) in [5.74, 6) is 3.51. The summed E-state index contributed by atoms with van der Waals surface area (Å²) in [5.41, 5.74) is 6.29. The van der Waals surface area contributed by atoms with Crippen LogP contribution >= 0.6 is 11.8 Å². The number of fused-ring (bicyclic) bond motifs is 1. The lowest BCUT2D eigenvalue weighted by molar-refractivity contribution is -0.111. The summed E-state index contributed by atoms with van der Waals surface area (Å²) in [6.07, 6.45) is 3.28. The number of anilines is 1. The van der Waals surface area contributed by atoms with Gasteiger partial charge in [-0.25, -0.2) is 4.68 Å². The van der Waals surface area contributed by atoms with Crippen LogP contribution in [0.25, 0.3) is 11.8 Å². The van der Waals surface area contributed by atoms with Gasteiger partial charge in [-0.05, 0) is 54.8 Å². The van der Waals surface area contributed by atoms with Crippen LogP contribution in [0.3, 0.4) is 0 Å². The lowest BCUT2D eigenvalue weighted by Crippen LogP contribution is -2.14. The van der Waals surface area contributed by atoms with Crippen molar-refractivity contribution in [3.8, 4) is 17.2 Å². The standard InChI is InChI=1S/C24H25N3O3S/c1-15-6-5-7-20(16(15)2)27-24(18-13-31-14-19(18)26-27)25-23(28)11-9-17-8-10-21(29-3)22(12-17)30-4/h5-12H,13-14H2,1-4H3,(H,25,28). The number of carbonyl (C=O) groups excluding carboxylic acids is 1. The van der Waals surface area contributed by atoms with E-state index in [0.717, 1.165) is 45.4 Å². The summed E-state index contributed by atoms with van der Waals surface area (Å²) in [6, 6.07) is 11.7. The molecule has 1 N–H and O–H groups in total. The SMILES string of the molecule is COc1ccc(C=CC(=O)Nc2c3c(nn2-c2cccc(C)c2C)CSC3)cc1OC. The summed E-state index contributed by atoms with van der Waals surface area (Å²) < 4.78 is 12.5. The van der Waals surface area contributed by atoms with Crippen LogP contribution in [-0.4, -0.2) is 29.9 Å². The van der Waals surface area contributed by atoms with Crippen molar-refractivity contribution >= 4 is 29.6 Å². The molecule has 2 aromatic carbocycles. The van der Waals surface area contributed by atoms with Crippen molar-refractivity contribution in [1.82, 2.24) is 9.78 Å². The zero-order chi connectivity index (χ0) is 22.0. The Hall–Kier alpha value is -3.19. The van der Waals surface area contributed by atoms with Crippen LogP contribution < -0.4 is 14.8 Å². The molecule has 160 valence electrons. The summed E-state index contributed by atoms with van der Waals surface area (Å²) in [5, 5.41) is 7.87. The predicted molar refractivity (Wildman–Crippen MR) is 125 cm³/mol. The van der Waals surface area contributed by atoms with Crippen LogP contribution in [0, 0.1) is 13.8 Å². The Balaban J connectivity index is 1.62. The molecule has 7 heteroatoms. The molecule has 0 fully saturated rings. The summed E-state index contributed by atoms with van der Waals surface area (Å²) in [7, 11) is 3.18. The molecule has 0 radical (unpaired) electrons. The van der Waals surface area contributed by atoms with E-state index in [1.807, 2.05) is 46.8 Å². The molecule has 0 atom stereocenters. The molecular weight excluding hydrogens is 410 g/mol. The Morgan fingerprint density at radius 2 is 1.94 bits per heavy atom. The third-order valence-corrected chi connectivity index (χ3v) is 6.40. The highest BCUT2D eigenvalue weighted by atomic mass is 32.2. The first-order valence-corrected chi connectivity index (χ1v) is 11.1. The molecule has 6 nitrogen and oxygen atoms in total. The maximum Gasteiger partial charge on any atom is 0.249 e. The molecule has 1 aromatic heterocycles. The number of thioether (sulfide) groups is 1. The van der Waals surface area contributed by atoms with Crippen molar-refractivity contribution < 1.29 is 14.3 Å². The van der Waals surface area contributed by atoms with Crippen molar-refractivity contribution in [2.45, 2.75) is 25.4 Å². The molecule has 2 heterocycles. The molecule has 3 aromatic rings. The molecular formula is C24H25N3O3S. The van der Waals surface area contributed by atoms with Crippen LogP contribution in [-0.2, 0) is 16.3 Å². The van der Waals surface area contributed by atoms with Crippen LogP contribution in [0.2, 0.25) is 0 Å². The van der Waals surface area contributed by atoms with Crippen LogP contribution in [0.1, 0.15) is 27.9 Å². The van der Waals surface area contributed by atoms with Gasteiger partial charge < -0.3 is 14.8 Å². The Kier molecular flexibility index (Phi) is 6.04. The Morgan fingerprint density at radius 1 is 1.13 bits per heavy atom. The predicted octanol–water partition coefficient (Wildman–Crippen LogP) is 4.91. The fourth-order valence-electron chi connectivity index (χ4n) is 3.57. The van der Waals surface area contributed by atoms with Crippen LogP contribution in [0.5, 0.6) is 11.5 Å². The number of hydrogen-bond acceptors (Lipinski definition) is 5. The highest BCUT2D eigenvalue weighted by Gasteiger charge is 2.25. The summed E-state index contributed by atoms with van der Waals surface area (Å²) in [4.78, 5) is 12.8. The topological polar surface area (TPSA) is 65.4 Å². The van der Waals surface area contributed by atoms with Crippen molar-refractivity contribution in [2.24, 2.45) is 0 Å². The summed E-state index contributed by atoms with van der Waals surface area (Å²) >= 11 is 1.81. The second kappa shape index (κ2) is 8.89. The normalized spacial score (nSPS) is 12.8. The zero-order valence-electron chi connectivity index (χ0n) is 18.1. The average Bonchev–Trinajstić information content (AvgIpc) is 3.36. The number of aromatic nitrogens is 2. The Labute approximate surface area is 186 Å². The van der Waals surface area contributed by atoms with Gasteiger partial charge in [-0.3, -0.25) is 4.79 Å². The van der Waals surface area contributed by atoms with E-state index < -0.39 is 0 Å². The van der Waals surface area contributed by atoms with E-state index in [4.69, 9.17) is 14.6 Å². The van der Waals surface area contributed by atoms with Gasteiger partial charge in [-0.15, -0.1) is 0 Å². The van der Waals surface area contributed by atoms with Gasteiger partial charge in [0, 0.05) is 23.1 Å². The molecule has 0 saturated heterocycles. The summed E-state index contributed by atoms with van der Waals surface area (Å²) in [6.45, 7) is 4.16. The van der Waals surface area contributed by atoms with Crippen LogP contribution in [0.15, 0.2) is 42.5 Å². The number of rotatable bonds is 6. The number of aryl methyl sites for hydroxylation is 1. The zero-order valence-corrected chi connectivity index (χ0v) is 18.9. The number of hydrogen-bond donors (Lipinski definition) is 1. The van der Waals surface area contributed by atoms with Gasteiger partial charge in [-0.1, -0.05) is 18.2 Å². The molecule has 31 heavy (non-hydrogen) atoms. The van der Waals surface area contributed by atoms with E-state index in [-0.39, 0.29) is 5.91 Å². The third-order valence-electron chi connectivity index (χ3n) is 5.43. The molecule has 0 bridgehead atoms. The second-order valence-electron chi connectivity index (χ2n) is 7.33. The quantitative estimate of drug-likeness (QED) is 0.558. The van der Waals surface area contributed by atoms with Gasteiger partial charge in [0.1, 0.15) is 5.82 Å². The van der Waals surface area contributed by atoms with Gasteiger partial charge >= 0.3 is 0 Å². The van der Waals surface area contributed by atoms with Gasteiger partial charge in [0.25, 0.3) is 0 Å². The maximum atomic E-state index is 12.8. The minimum absolute atomic E-state index is 0.207. The number of carbonyl (C=O) groups is 1. The van der Waals surface area contributed by atoms with Gasteiger partial charge in [0.15, 0.2) is 11.5 Å². The fourth-order valence-corrected chi connectivity index (χ4v) is 4.60. The molecule has 0 spiro atoms. The monoisotopic (exact) mass is 435 g/mol. The highest BCUT2D eigenvalue weighted by Crippen LogP contribution is 2.37. The van der Waals surface area contributed by atoms with Crippen molar-refractivity contribution in [1.29, 1.82) is 0 Å². The van der Waals surface area contributed by atoms with E-state index in [0.29, 0.717) is 11.5 Å². The first kappa shape index (κ1) is 21.1. The smallest absolute Gasteiger partial charge is 0.249 e. The second-order valence-corrected chi connectivity index (χ2v) is 8.32. The van der Waals surface area contributed by atoms with Crippen LogP contribution in [0.4, 0.5) is 5.82 Å². The van der Waals surface area contributed by atoms with E-state index in [1.165, 1.54) is 11.6 Å². The van der Waals surface area contributed by atoms with E-state index >= 15 is 0 Å². The fraction of sp³-hybridized carbons (Fsp3) is 0.250. The number of ether oxygens (including phenoxy) is 2. The highest BCUT2D eigenvalue weighted by molar-refractivity contribution is 7.98. The van der Waals surface area contributed by atoms with Gasteiger partial charge in [0.2, 0.25) is 5.91 Å². The lowest BCUT2D eigenvalue weighted by atomic mass is 10.1. The lowest BCUT2D eigenvalue weighted by Gasteiger charge is -2.13. The minimum Gasteiger partial charge on any atom is -0.493 e. The maximum absolute atomic E-state index is 12.8. The first-order chi connectivity index (χ1) is 15.0. The number of amides is 1. The van der Waals surface area contributed by atoms with Crippen molar-refractivity contribution in [3.05, 3.63) is 70.4 Å². The first-order valence-electron chi connectivity index (χ1n) is 9.98. The molecule has 1 aliphatic rings. The molecule has 1 amide bonds. The molecule has 4 rings (SSSR count). The van der Waals surface area contributed by atoms with Crippen molar-refractivity contribution in [3.63, 3.8) is 0 Å². The molecule has 0 saturated carbocycles. The van der Waals surface area contributed by atoms with E-state index in [1.54, 1.807) is 20.3 Å². The number of nitrogens with zero attached hydrogens (tertiary/aromatic N) is 2. The van der Waals surface area contributed by atoms with E-state index in [2.05, 4.69) is 25.2 Å².